The summed E-state index contributed by atoms with van der Waals surface area (Å²) in [6.45, 7) is 4.73. The third-order valence-electron chi connectivity index (χ3n) is 11.6. The van der Waals surface area contributed by atoms with E-state index in [0.717, 1.165) is 11.2 Å². The minimum atomic E-state index is -0.0946. The average molecular weight is 663 g/mol. The minimum Gasteiger partial charge on any atom is -0.456 e. The van der Waals surface area contributed by atoms with Crippen LogP contribution in [0.15, 0.2) is 174 Å². The van der Waals surface area contributed by atoms with Crippen LogP contribution < -0.4 is 0 Å². The van der Waals surface area contributed by atoms with E-state index in [4.69, 9.17) is 4.42 Å². The van der Waals surface area contributed by atoms with E-state index in [0.29, 0.717) is 0 Å². The molecule has 0 fully saturated rings. The SMILES string of the molecule is CC1(C)c2ccc(-c3ccc(-c4c5ccccc5c(-c5ccccc5)c5ccccc45)cc3)cc2-c2cc3cc4oc5ccccc5c4cc3cc21. The summed E-state index contributed by atoms with van der Waals surface area (Å²) in [6.07, 6.45) is 0. The summed E-state index contributed by atoms with van der Waals surface area (Å²) < 4.78 is 6.28. The van der Waals surface area contributed by atoms with E-state index in [1.54, 1.807) is 0 Å². The van der Waals surface area contributed by atoms with Gasteiger partial charge in [0.15, 0.2) is 0 Å². The van der Waals surface area contributed by atoms with E-state index in [-0.39, 0.29) is 5.41 Å². The fourth-order valence-corrected chi connectivity index (χ4v) is 9.08. The highest BCUT2D eigenvalue weighted by Crippen LogP contribution is 2.51. The second-order valence-corrected chi connectivity index (χ2v) is 14.9. The van der Waals surface area contributed by atoms with Gasteiger partial charge in [-0.2, -0.15) is 0 Å². The summed E-state index contributed by atoms with van der Waals surface area (Å²) in [5, 5.41) is 9.92. The molecule has 9 aromatic carbocycles. The van der Waals surface area contributed by atoms with Gasteiger partial charge in [-0.05, 0) is 124 Å². The molecule has 1 aliphatic carbocycles. The lowest BCUT2D eigenvalue weighted by atomic mass is 9.81. The van der Waals surface area contributed by atoms with Gasteiger partial charge in [0.25, 0.3) is 0 Å². The largest absolute Gasteiger partial charge is 0.456 e. The molecule has 52 heavy (non-hydrogen) atoms. The van der Waals surface area contributed by atoms with E-state index >= 15 is 0 Å². The predicted octanol–water partition coefficient (Wildman–Crippen LogP) is 14.4. The highest BCUT2D eigenvalue weighted by molar-refractivity contribution is 6.21. The molecule has 11 rings (SSSR count). The number of hydrogen-bond acceptors (Lipinski definition) is 1. The van der Waals surface area contributed by atoms with Crippen molar-refractivity contribution in [3.63, 3.8) is 0 Å². The van der Waals surface area contributed by atoms with Gasteiger partial charge in [0, 0.05) is 16.2 Å². The van der Waals surface area contributed by atoms with Crippen LogP contribution in [0, 0.1) is 0 Å². The van der Waals surface area contributed by atoms with Crippen LogP contribution in [0.2, 0.25) is 0 Å². The van der Waals surface area contributed by atoms with E-state index in [1.165, 1.54) is 98.7 Å². The molecule has 1 heteroatoms. The van der Waals surface area contributed by atoms with Crippen molar-refractivity contribution in [2.45, 2.75) is 19.3 Å². The first-order valence-corrected chi connectivity index (χ1v) is 18.2. The molecule has 10 aromatic rings. The highest BCUT2D eigenvalue weighted by Gasteiger charge is 2.36. The van der Waals surface area contributed by atoms with Crippen LogP contribution in [0.3, 0.4) is 0 Å². The van der Waals surface area contributed by atoms with Gasteiger partial charge in [0.2, 0.25) is 0 Å². The van der Waals surface area contributed by atoms with E-state index in [2.05, 4.69) is 178 Å². The first-order chi connectivity index (χ1) is 25.5. The summed E-state index contributed by atoms with van der Waals surface area (Å²) in [7, 11) is 0. The van der Waals surface area contributed by atoms with Gasteiger partial charge in [-0.1, -0.05) is 147 Å². The lowest BCUT2D eigenvalue weighted by Gasteiger charge is -2.22. The van der Waals surface area contributed by atoms with Gasteiger partial charge in [-0.15, -0.1) is 0 Å². The van der Waals surface area contributed by atoms with Gasteiger partial charge in [0.05, 0.1) is 0 Å². The second kappa shape index (κ2) is 10.8. The fourth-order valence-electron chi connectivity index (χ4n) is 9.08. The maximum absolute atomic E-state index is 6.28. The Labute approximate surface area is 302 Å². The fraction of sp³-hybridized carbons (Fsp3) is 0.0588. The van der Waals surface area contributed by atoms with Crippen LogP contribution in [0.25, 0.3) is 98.8 Å². The van der Waals surface area contributed by atoms with Crippen molar-refractivity contribution in [2.24, 2.45) is 0 Å². The highest BCUT2D eigenvalue weighted by atomic mass is 16.3. The third-order valence-corrected chi connectivity index (χ3v) is 11.6. The molecule has 1 nitrogen and oxygen atoms in total. The molecule has 0 amide bonds. The molecule has 0 N–H and O–H groups in total. The smallest absolute Gasteiger partial charge is 0.136 e. The Balaban J connectivity index is 1.03. The minimum absolute atomic E-state index is 0.0946. The van der Waals surface area contributed by atoms with Crippen molar-refractivity contribution in [3.05, 3.63) is 181 Å². The van der Waals surface area contributed by atoms with Gasteiger partial charge < -0.3 is 4.42 Å². The Morgan fingerprint density at radius 3 is 1.54 bits per heavy atom. The van der Waals surface area contributed by atoms with Crippen LogP contribution in [-0.4, -0.2) is 0 Å². The molecule has 0 spiro atoms. The van der Waals surface area contributed by atoms with Crippen LogP contribution in [0.5, 0.6) is 0 Å². The Hall–Kier alpha value is -6.44. The van der Waals surface area contributed by atoms with Gasteiger partial charge in [0.1, 0.15) is 11.2 Å². The van der Waals surface area contributed by atoms with Crippen molar-refractivity contribution < 1.29 is 4.42 Å². The van der Waals surface area contributed by atoms with Crippen LogP contribution >= 0.6 is 0 Å². The van der Waals surface area contributed by atoms with Crippen LogP contribution in [0.4, 0.5) is 0 Å². The Bertz CT molecular complexity index is 3010. The molecule has 0 saturated heterocycles. The predicted molar refractivity (Wildman–Crippen MR) is 220 cm³/mol. The Morgan fingerprint density at radius 2 is 0.865 bits per heavy atom. The first-order valence-electron chi connectivity index (χ1n) is 18.2. The summed E-state index contributed by atoms with van der Waals surface area (Å²) in [5.74, 6) is 0. The van der Waals surface area contributed by atoms with Gasteiger partial charge in [-0.3, -0.25) is 0 Å². The van der Waals surface area contributed by atoms with Crippen molar-refractivity contribution in [1.29, 1.82) is 0 Å². The zero-order chi connectivity index (χ0) is 34.6. The van der Waals surface area contributed by atoms with Crippen molar-refractivity contribution >= 4 is 54.3 Å². The zero-order valence-electron chi connectivity index (χ0n) is 29.1. The quantitative estimate of drug-likeness (QED) is 0.172. The monoisotopic (exact) mass is 662 g/mol. The molecule has 1 heterocycles. The van der Waals surface area contributed by atoms with Crippen LogP contribution in [-0.2, 0) is 5.41 Å². The molecule has 244 valence electrons. The molecular formula is C51H34O. The molecule has 0 aliphatic heterocycles. The van der Waals surface area contributed by atoms with E-state index in [1.807, 2.05) is 6.07 Å². The topological polar surface area (TPSA) is 13.1 Å². The maximum atomic E-state index is 6.28. The number of rotatable bonds is 3. The lowest BCUT2D eigenvalue weighted by Crippen LogP contribution is -2.14. The number of fused-ring (bicyclic) bond motifs is 9. The number of hydrogen-bond donors (Lipinski definition) is 0. The van der Waals surface area contributed by atoms with E-state index < -0.39 is 0 Å². The number of para-hydroxylation sites is 1. The van der Waals surface area contributed by atoms with Crippen molar-refractivity contribution in [3.8, 4) is 44.5 Å². The van der Waals surface area contributed by atoms with Crippen molar-refractivity contribution in [2.75, 3.05) is 0 Å². The number of benzene rings is 9. The first kappa shape index (κ1) is 29.3. The summed E-state index contributed by atoms with van der Waals surface area (Å²) >= 11 is 0. The summed E-state index contributed by atoms with van der Waals surface area (Å²) in [5.41, 5.74) is 14.7. The normalized spacial score (nSPS) is 13.3. The number of furan rings is 1. The molecular weight excluding hydrogens is 629 g/mol. The van der Waals surface area contributed by atoms with Crippen molar-refractivity contribution in [1.82, 2.24) is 0 Å². The lowest BCUT2D eigenvalue weighted by molar-refractivity contribution is 0.661. The molecule has 0 bridgehead atoms. The molecule has 1 aromatic heterocycles. The Morgan fingerprint density at radius 1 is 0.346 bits per heavy atom. The van der Waals surface area contributed by atoms with Gasteiger partial charge >= 0.3 is 0 Å². The molecule has 0 atom stereocenters. The van der Waals surface area contributed by atoms with Crippen LogP contribution in [0.1, 0.15) is 25.0 Å². The summed E-state index contributed by atoms with van der Waals surface area (Å²) in [6, 6.07) is 62.5. The third kappa shape index (κ3) is 4.17. The van der Waals surface area contributed by atoms with E-state index in [9.17, 15) is 0 Å². The average Bonchev–Trinajstić information content (AvgIpc) is 3.65. The van der Waals surface area contributed by atoms with Gasteiger partial charge in [-0.25, -0.2) is 0 Å². The summed E-state index contributed by atoms with van der Waals surface area (Å²) in [4.78, 5) is 0. The Kier molecular flexibility index (Phi) is 6.08. The molecule has 0 saturated carbocycles. The molecule has 0 radical (unpaired) electrons. The molecule has 0 unspecified atom stereocenters. The molecule has 1 aliphatic rings. The maximum Gasteiger partial charge on any atom is 0.136 e. The standard InChI is InChI=1S/C51H34O/c1-51(2)45-25-24-34(26-42(45)43-27-36-30-48-44(28-35(36)29-46(43)51)37-14-10-11-19-47(37)52-48)31-20-22-33(23-21-31)50-40-17-8-6-15-38(40)49(32-12-4-3-5-13-32)39-16-7-9-18-41(39)50/h3-30H,1-2H3. The zero-order valence-corrected chi connectivity index (χ0v) is 29.1. The second-order valence-electron chi connectivity index (χ2n) is 14.9.